The minimum absolute atomic E-state index is 0.144. The molecule has 0 aromatic heterocycles. The van der Waals surface area contributed by atoms with Crippen molar-refractivity contribution >= 4 is 36.2 Å². The normalized spacial score (nSPS) is 22.1. The van der Waals surface area contributed by atoms with Gasteiger partial charge in [-0.1, -0.05) is 48.8 Å². The summed E-state index contributed by atoms with van der Waals surface area (Å²) in [6.07, 6.45) is 3.26. The van der Waals surface area contributed by atoms with Gasteiger partial charge in [0.05, 0.1) is 30.2 Å². The Morgan fingerprint density at radius 2 is 1.93 bits per heavy atom. The van der Waals surface area contributed by atoms with Crippen LogP contribution >= 0.6 is 0 Å². The van der Waals surface area contributed by atoms with Crippen molar-refractivity contribution in [2.75, 3.05) is 11.5 Å². The van der Waals surface area contributed by atoms with E-state index in [2.05, 4.69) is 0 Å². The number of nitrogens with zero attached hydrogens (tertiary/aromatic N) is 1. The molecule has 0 bridgehead atoms. The highest BCUT2D eigenvalue weighted by Gasteiger charge is 2.55. The average Bonchev–Trinajstić information content (AvgIpc) is 3.17. The molecule has 1 aliphatic heterocycles. The van der Waals surface area contributed by atoms with Crippen molar-refractivity contribution < 1.29 is 39.3 Å². The minimum Gasteiger partial charge on any atom is -0.505 e. The van der Waals surface area contributed by atoms with E-state index in [0.29, 0.717) is 36.8 Å². The molecule has 5 N–H and O–H groups in total. The molecule has 0 unspecified atom stereocenters. The lowest BCUT2D eigenvalue weighted by Gasteiger charge is -2.36. The third-order valence-corrected chi connectivity index (χ3v) is 7.92. The summed E-state index contributed by atoms with van der Waals surface area (Å²) in [6, 6.07) is 10.1. The van der Waals surface area contributed by atoms with Gasteiger partial charge < -0.3 is 25.4 Å². The van der Waals surface area contributed by atoms with Crippen molar-refractivity contribution in [3.05, 3.63) is 70.6 Å². The molecular weight excluding hydrogens is 516 g/mol. The first kappa shape index (κ1) is 29.7. The molecule has 2 aromatic carbocycles. The van der Waals surface area contributed by atoms with Crippen LogP contribution in [-0.4, -0.2) is 57.0 Å². The van der Waals surface area contributed by atoms with Crippen molar-refractivity contribution in [1.29, 1.82) is 0 Å². The maximum Gasteiger partial charge on any atom is 0.488 e. The number of phenolic OH excluding ortho intramolecular Hbond substituents is 1. The van der Waals surface area contributed by atoms with Gasteiger partial charge in [0.2, 0.25) is 11.8 Å². The highest BCUT2D eigenvalue weighted by atomic mass is 19.1. The van der Waals surface area contributed by atoms with Gasteiger partial charge in [-0.2, -0.15) is 0 Å². The van der Waals surface area contributed by atoms with Gasteiger partial charge in [-0.3, -0.25) is 14.5 Å². The predicted molar refractivity (Wildman–Crippen MR) is 150 cm³/mol. The Hall–Kier alpha value is -3.31. The van der Waals surface area contributed by atoms with Crippen LogP contribution in [0.25, 0.3) is 6.08 Å². The summed E-state index contributed by atoms with van der Waals surface area (Å²) in [7, 11) is -1.76. The quantitative estimate of drug-likeness (QED) is 0.174. The number of halogens is 1. The van der Waals surface area contributed by atoms with Crippen molar-refractivity contribution in [1.82, 2.24) is 0 Å². The molecule has 10 heteroatoms. The first-order valence-corrected chi connectivity index (χ1v) is 13.6. The summed E-state index contributed by atoms with van der Waals surface area (Å²) in [4.78, 5) is 28.2. The lowest BCUT2D eigenvalue weighted by atomic mass is 9.67. The molecule has 0 saturated carbocycles. The lowest BCUT2D eigenvalue weighted by Crippen LogP contribution is -2.39. The highest BCUT2D eigenvalue weighted by molar-refractivity contribution is 6.58. The molecule has 1 aliphatic carbocycles. The number of benzene rings is 2. The number of carbonyl (C=O) groups is 2. The maximum atomic E-state index is 13.7. The second-order valence-corrected chi connectivity index (χ2v) is 10.7. The van der Waals surface area contributed by atoms with Gasteiger partial charge in [0.1, 0.15) is 0 Å². The fourth-order valence-corrected chi connectivity index (χ4v) is 6.07. The number of carbonyl (C=O) groups excluding carboxylic acids is 2. The number of aliphatic hydroxyl groups is 2. The van der Waals surface area contributed by atoms with E-state index in [0.717, 1.165) is 22.5 Å². The maximum absolute atomic E-state index is 13.7. The third kappa shape index (κ3) is 5.90. The van der Waals surface area contributed by atoms with Crippen LogP contribution in [0.2, 0.25) is 0 Å². The van der Waals surface area contributed by atoms with Crippen LogP contribution in [0, 0.1) is 23.6 Å². The van der Waals surface area contributed by atoms with E-state index in [1.165, 1.54) is 30.3 Å². The summed E-state index contributed by atoms with van der Waals surface area (Å²) >= 11 is 0. The molecule has 4 rings (SSSR count). The number of fused-ring (bicyclic) bond motifs is 1. The second kappa shape index (κ2) is 12.5. The Kier molecular flexibility index (Phi) is 9.25. The van der Waals surface area contributed by atoms with Gasteiger partial charge in [0.15, 0.2) is 11.6 Å². The van der Waals surface area contributed by atoms with E-state index in [9.17, 15) is 39.3 Å². The Morgan fingerprint density at radius 3 is 2.58 bits per heavy atom. The first-order chi connectivity index (χ1) is 19.1. The van der Waals surface area contributed by atoms with E-state index < -0.39 is 61.0 Å². The Balaban J connectivity index is 1.59. The van der Waals surface area contributed by atoms with E-state index in [1.54, 1.807) is 18.2 Å². The van der Waals surface area contributed by atoms with Gasteiger partial charge in [-0.25, -0.2) is 4.39 Å². The second-order valence-electron chi connectivity index (χ2n) is 10.7. The molecule has 1 saturated heterocycles. The van der Waals surface area contributed by atoms with Crippen LogP contribution < -0.4 is 10.4 Å². The molecule has 2 amide bonds. The molecule has 2 aliphatic rings. The number of amides is 2. The van der Waals surface area contributed by atoms with Crippen molar-refractivity contribution in [3.8, 4) is 5.75 Å². The number of rotatable bonds is 10. The standard InChI is InChI=1S/C30H35BFNO7/c1-3-5-19-14-22-28(30(38)33(29(22)37)21-7-4-6-20(15-21)31(39)40)23(16-34)27(19)26(36)10-8-17(2)12-18-9-11-25(35)24(32)13-18/h4,6-7,9,11-13,15,22-23,26,28,34-36,39-40H,3,5,8,10,14,16H2,1-2H3/b17-12+/t22-,23+,26-,28-/m1/s1. The van der Waals surface area contributed by atoms with E-state index >= 15 is 0 Å². The molecule has 0 radical (unpaired) electrons. The van der Waals surface area contributed by atoms with E-state index in [4.69, 9.17) is 0 Å². The Morgan fingerprint density at radius 1 is 1.18 bits per heavy atom. The molecule has 0 spiro atoms. The molecule has 2 aromatic rings. The van der Waals surface area contributed by atoms with Gasteiger partial charge in [0.25, 0.3) is 0 Å². The predicted octanol–water partition coefficient (Wildman–Crippen LogP) is 2.67. The zero-order valence-corrected chi connectivity index (χ0v) is 22.6. The SMILES string of the molecule is CCCC1=C([C@H](O)CC/C(C)=C/c2ccc(O)c(F)c2)[C@H](CO)[C@@H]2C(=O)N(c3cccc(B(O)O)c3)C(=O)[C@@H]2C1. The summed E-state index contributed by atoms with van der Waals surface area (Å²) in [5.74, 6) is -4.30. The van der Waals surface area contributed by atoms with E-state index in [1.807, 2.05) is 13.8 Å². The molecular formula is C30H35BFNO7. The molecule has 8 nitrogen and oxygen atoms in total. The fourth-order valence-electron chi connectivity index (χ4n) is 6.07. The number of phenols is 1. The smallest absolute Gasteiger partial charge is 0.488 e. The molecule has 40 heavy (non-hydrogen) atoms. The number of imide groups is 1. The average molecular weight is 551 g/mol. The highest BCUT2D eigenvalue weighted by Crippen LogP contribution is 2.48. The Bertz CT molecular complexity index is 1340. The topological polar surface area (TPSA) is 139 Å². The first-order valence-electron chi connectivity index (χ1n) is 13.6. The number of aliphatic hydroxyl groups excluding tert-OH is 2. The van der Waals surface area contributed by atoms with E-state index in [-0.39, 0.29) is 11.2 Å². The number of hydrogen-bond donors (Lipinski definition) is 5. The number of allylic oxidation sites excluding steroid dienone is 2. The molecule has 1 fully saturated rings. The van der Waals surface area contributed by atoms with Crippen molar-refractivity contribution in [2.24, 2.45) is 17.8 Å². The number of aromatic hydroxyl groups is 1. The third-order valence-electron chi connectivity index (χ3n) is 7.92. The largest absolute Gasteiger partial charge is 0.505 e. The molecule has 1 heterocycles. The minimum atomic E-state index is -1.76. The number of anilines is 1. The van der Waals surface area contributed by atoms with Crippen LogP contribution in [0.1, 0.15) is 51.5 Å². The van der Waals surface area contributed by atoms with Gasteiger partial charge in [-0.15, -0.1) is 0 Å². The van der Waals surface area contributed by atoms with Crippen LogP contribution in [0.4, 0.5) is 10.1 Å². The summed E-state index contributed by atoms with van der Waals surface area (Å²) in [5.41, 5.74) is 3.31. The Labute approximate surface area is 233 Å². The van der Waals surface area contributed by atoms with Crippen LogP contribution in [0.5, 0.6) is 5.75 Å². The summed E-state index contributed by atoms with van der Waals surface area (Å²) < 4.78 is 13.7. The van der Waals surface area contributed by atoms with Gasteiger partial charge in [-0.05, 0) is 73.5 Å². The zero-order valence-electron chi connectivity index (χ0n) is 22.6. The van der Waals surface area contributed by atoms with Gasteiger partial charge >= 0.3 is 7.12 Å². The lowest BCUT2D eigenvalue weighted by molar-refractivity contribution is -0.123. The van der Waals surface area contributed by atoms with Crippen LogP contribution in [-0.2, 0) is 9.59 Å². The van der Waals surface area contributed by atoms with Crippen molar-refractivity contribution in [3.63, 3.8) is 0 Å². The fraction of sp³-hybridized carbons (Fsp3) is 0.400. The van der Waals surface area contributed by atoms with Crippen LogP contribution in [0.15, 0.2) is 59.2 Å². The van der Waals surface area contributed by atoms with Crippen molar-refractivity contribution in [2.45, 2.75) is 52.1 Å². The molecule has 212 valence electrons. The van der Waals surface area contributed by atoms with Crippen LogP contribution in [0.3, 0.4) is 0 Å². The van der Waals surface area contributed by atoms with Gasteiger partial charge in [0, 0.05) is 5.92 Å². The zero-order chi connectivity index (χ0) is 29.1. The monoisotopic (exact) mass is 551 g/mol. The molecule has 4 atom stereocenters. The summed E-state index contributed by atoms with van der Waals surface area (Å²) in [6.45, 7) is 3.43. The number of hydrogen-bond acceptors (Lipinski definition) is 7. The summed E-state index contributed by atoms with van der Waals surface area (Å²) in [5, 5.41) is 50.4.